The summed E-state index contributed by atoms with van der Waals surface area (Å²) >= 11 is 11.6. The molecule has 0 radical (unpaired) electrons. The van der Waals surface area contributed by atoms with E-state index in [-0.39, 0.29) is 16.8 Å². The third kappa shape index (κ3) is 2.78. The van der Waals surface area contributed by atoms with Crippen LogP contribution in [0.2, 0.25) is 10.2 Å². The number of carbonyl (C=O) groups excluding carboxylic acids is 1. The quantitative estimate of drug-likeness (QED) is 0.919. The molecule has 0 saturated carbocycles. The van der Waals surface area contributed by atoms with Crippen LogP contribution in [0, 0.1) is 6.92 Å². The van der Waals surface area contributed by atoms with E-state index < -0.39 is 0 Å². The smallest absolute Gasteiger partial charge is 0.276 e. The predicted octanol–water partition coefficient (Wildman–Crippen LogP) is 3.34. The molecule has 0 spiro atoms. The van der Waals surface area contributed by atoms with Crippen molar-refractivity contribution in [1.29, 1.82) is 0 Å². The molecule has 2 aromatic rings. The summed E-state index contributed by atoms with van der Waals surface area (Å²) in [6.45, 7) is 1.82. The standard InChI is InChI=1S/C12H9Cl2N3O/c1-7-8(13)3-2-4-9(7)15-12(18)10-5-6-11(14)17-16-10/h2-6H,1H3,(H,15,18). The number of hydrogen-bond donors (Lipinski definition) is 1. The fourth-order valence-electron chi connectivity index (χ4n) is 1.37. The van der Waals surface area contributed by atoms with E-state index in [1.165, 1.54) is 12.1 Å². The number of nitrogens with one attached hydrogen (secondary N) is 1. The lowest BCUT2D eigenvalue weighted by atomic mass is 10.2. The highest BCUT2D eigenvalue weighted by atomic mass is 35.5. The Morgan fingerprint density at radius 1 is 1.17 bits per heavy atom. The van der Waals surface area contributed by atoms with Crippen LogP contribution in [0.15, 0.2) is 30.3 Å². The fourth-order valence-corrected chi connectivity index (χ4v) is 1.64. The summed E-state index contributed by atoms with van der Waals surface area (Å²) < 4.78 is 0. The van der Waals surface area contributed by atoms with Gasteiger partial charge in [-0.2, -0.15) is 0 Å². The van der Waals surface area contributed by atoms with Crippen LogP contribution >= 0.6 is 23.2 Å². The summed E-state index contributed by atoms with van der Waals surface area (Å²) in [5, 5.41) is 10.9. The van der Waals surface area contributed by atoms with Gasteiger partial charge >= 0.3 is 0 Å². The Bertz CT molecular complexity index is 584. The van der Waals surface area contributed by atoms with Crippen molar-refractivity contribution < 1.29 is 4.79 Å². The Morgan fingerprint density at radius 2 is 1.94 bits per heavy atom. The summed E-state index contributed by atoms with van der Waals surface area (Å²) in [4.78, 5) is 11.9. The van der Waals surface area contributed by atoms with Crippen molar-refractivity contribution >= 4 is 34.8 Å². The van der Waals surface area contributed by atoms with Crippen LogP contribution in [-0.4, -0.2) is 16.1 Å². The van der Waals surface area contributed by atoms with E-state index in [0.29, 0.717) is 10.7 Å². The molecule has 18 heavy (non-hydrogen) atoms. The van der Waals surface area contributed by atoms with Crippen molar-refractivity contribution in [3.8, 4) is 0 Å². The lowest BCUT2D eigenvalue weighted by Gasteiger charge is -2.08. The van der Waals surface area contributed by atoms with E-state index in [9.17, 15) is 4.79 Å². The highest BCUT2D eigenvalue weighted by Gasteiger charge is 2.10. The third-order valence-electron chi connectivity index (χ3n) is 2.38. The van der Waals surface area contributed by atoms with Crippen molar-refractivity contribution in [3.63, 3.8) is 0 Å². The van der Waals surface area contributed by atoms with Crippen molar-refractivity contribution in [2.75, 3.05) is 5.32 Å². The van der Waals surface area contributed by atoms with Gasteiger partial charge in [-0.15, -0.1) is 10.2 Å². The van der Waals surface area contributed by atoms with Crippen LogP contribution in [0.3, 0.4) is 0 Å². The van der Waals surface area contributed by atoms with Gasteiger partial charge in [-0.3, -0.25) is 4.79 Å². The predicted molar refractivity (Wildman–Crippen MR) is 71.2 cm³/mol. The third-order valence-corrected chi connectivity index (χ3v) is 2.99. The molecular formula is C12H9Cl2N3O. The first kappa shape index (κ1) is 12.8. The first-order valence-electron chi connectivity index (χ1n) is 5.13. The molecule has 0 aliphatic heterocycles. The minimum atomic E-state index is -0.357. The summed E-state index contributed by atoms with van der Waals surface area (Å²) in [5.74, 6) is -0.357. The number of halogens is 2. The zero-order valence-corrected chi connectivity index (χ0v) is 11.0. The second-order valence-electron chi connectivity index (χ2n) is 3.61. The molecule has 1 aromatic heterocycles. The molecule has 0 saturated heterocycles. The molecule has 1 N–H and O–H groups in total. The summed E-state index contributed by atoms with van der Waals surface area (Å²) in [6.07, 6.45) is 0. The van der Waals surface area contributed by atoms with Crippen LogP contribution in [0.25, 0.3) is 0 Å². The average Bonchev–Trinajstić information content (AvgIpc) is 2.36. The molecule has 0 aliphatic carbocycles. The molecule has 92 valence electrons. The average molecular weight is 282 g/mol. The molecule has 1 aromatic carbocycles. The Kier molecular flexibility index (Phi) is 3.79. The number of aromatic nitrogens is 2. The topological polar surface area (TPSA) is 54.9 Å². The molecule has 0 aliphatic rings. The largest absolute Gasteiger partial charge is 0.320 e. The van der Waals surface area contributed by atoms with Gasteiger partial charge in [-0.1, -0.05) is 29.3 Å². The molecule has 0 atom stereocenters. The molecule has 0 bridgehead atoms. The first-order valence-corrected chi connectivity index (χ1v) is 5.89. The van der Waals surface area contributed by atoms with Crippen molar-refractivity contribution in [2.45, 2.75) is 6.92 Å². The maximum absolute atomic E-state index is 11.9. The van der Waals surface area contributed by atoms with Crippen LogP contribution in [0.1, 0.15) is 16.1 Å². The normalized spacial score (nSPS) is 10.2. The van der Waals surface area contributed by atoms with Gasteiger partial charge in [0.2, 0.25) is 0 Å². The summed E-state index contributed by atoms with van der Waals surface area (Å²) in [5.41, 5.74) is 1.64. The van der Waals surface area contributed by atoms with Gasteiger partial charge in [0.1, 0.15) is 0 Å². The van der Waals surface area contributed by atoms with E-state index >= 15 is 0 Å². The van der Waals surface area contributed by atoms with Gasteiger partial charge < -0.3 is 5.32 Å². The highest BCUT2D eigenvalue weighted by molar-refractivity contribution is 6.31. The minimum absolute atomic E-state index is 0.193. The van der Waals surface area contributed by atoms with E-state index in [1.54, 1.807) is 18.2 Å². The lowest BCUT2D eigenvalue weighted by molar-refractivity contribution is 0.102. The summed E-state index contributed by atoms with van der Waals surface area (Å²) in [6, 6.07) is 8.30. The Morgan fingerprint density at radius 3 is 2.61 bits per heavy atom. The number of benzene rings is 1. The van der Waals surface area contributed by atoms with Gasteiger partial charge in [0.05, 0.1) is 0 Å². The van der Waals surface area contributed by atoms with Crippen molar-refractivity contribution in [1.82, 2.24) is 10.2 Å². The Hall–Kier alpha value is -1.65. The number of nitrogens with zero attached hydrogens (tertiary/aromatic N) is 2. The Labute approximate surface area is 114 Å². The van der Waals surface area contributed by atoms with Gasteiger partial charge in [-0.05, 0) is 36.8 Å². The molecule has 4 nitrogen and oxygen atoms in total. The minimum Gasteiger partial charge on any atom is -0.320 e. The Balaban J connectivity index is 2.21. The monoisotopic (exact) mass is 281 g/mol. The molecule has 0 fully saturated rings. The van der Waals surface area contributed by atoms with Crippen molar-refractivity contribution in [3.05, 3.63) is 51.8 Å². The number of rotatable bonds is 2. The van der Waals surface area contributed by atoms with E-state index in [1.807, 2.05) is 6.92 Å². The maximum atomic E-state index is 11.9. The van der Waals surface area contributed by atoms with Gasteiger partial charge in [0.25, 0.3) is 5.91 Å². The zero-order valence-electron chi connectivity index (χ0n) is 9.45. The summed E-state index contributed by atoms with van der Waals surface area (Å²) in [7, 11) is 0. The van der Waals surface area contributed by atoms with Crippen molar-refractivity contribution in [2.24, 2.45) is 0 Å². The number of amides is 1. The van der Waals surface area contributed by atoms with Crippen LogP contribution < -0.4 is 5.32 Å². The highest BCUT2D eigenvalue weighted by Crippen LogP contribution is 2.23. The van der Waals surface area contributed by atoms with Crippen LogP contribution in [0.4, 0.5) is 5.69 Å². The first-order chi connectivity index (χ1) is 8.58. The molecule has 0 unspecified atom stereocenters. The van der Waals surface area contributed by atoms with Gasteiger partial charge in [0.15, 0.2) is 10.8 Å². The van der Waals surface area contributed by atoms with Gasteiger partial charge in [0, 0.05) is 10.7 Å². The SMILES string of the molecule is Cc1c(Cl)cccc1NC(=O)c1ccc(Cl)nn1. The van der Waals surface area contributed by atoms with Crippen LogP contribution in [-0.2, 0) is 0 Å². The van der Waals surface area contributed by atoms with Gasteiger partial charge in [-0.25, -0.2) is 0 Å². The molecule has 2 rings (SSSR count). The second-order valence-corrected chi connectivity index (χ2v) is 4.40. The number of hydrogen-bond acceptors (Lipinski definition) is 3. The number of anilines is 1. The van der Waals surface area contributed by atoms with E-state index in [4.69, 9.17) is 23.2 Å². The molecule has 1 amide bonds. The molecule has 1 heterocycles. The van der Waals surface area contributed by atoms with E-state index in [0.717, 1.165) is 5.56 Å². The molecule has 6 heteroatoms. The molecular weight excluding hydrogens is 273 g/mol. The number of carbonyl (C=O) groups is 1. The van der Waals surface area contributed by atoms with E-state index in [2.05, 4.69) is 15.5 Å². The fraction of sp³-hybridized carbons (Fsp3) is 0.0833. The second kappa shape index (κ2) is 5.33. The maximum Gasteiger partial charge on any atom is 0.276 e. The lowest BCUT2D eigenvalue weighted by Crippen LogP contribution is -2.15. The van der Waals surface area contributed by atoms with Crippen LogP contribution in [0.5, 0.6) is 0 Å². The zero-order chi connectivity index (χ0) is 13.1.